The molecule has 0 saturated heterocycles. The van der Waals surface area contributed by atoms with Crippen LogP contribution in [0.15, 0.2) is 79.0 Å². The number of ether oxygens (including phenoxy) is 1. The topological polar surface area (TPSA) is 107 Å². The van der Waals surface area contributed by atoms with E-state index in [0.29, 0.717) is 22.5 Å². The van der Waals surface area contributed by atoms with Gasteiger partial charge in [0.15, 0.2) is 5.78 Å². The van der Waals surface area contributed by atoms with Gasteiger partial charge in [0.2, 0.25) is 0 Å². The molecule has 11 heteroatoms. The van der Waals surface area contributed by atoms with Gasteiger partial charge < -0.3 is 15.8 Å². The highest BCUT2D eigenvalue weighted by atomic mass is 19.4. The second-order valence-corrected chi connectivity index (χ2v) is 8.13. The summed E-state index contributed by atoms with van der Waals surface area (Å²) in [6, 6.07) is 17.1. The molecule has 0 unspecified atom stereocenters. The average Bonchev–Trinajstić information content (AvgIpc) is 2.87. The third-order valence-corrected chi connectivity index (χ3v) is 5.37. The van der Waals surface area contributed by atoms with E-state index in [0.717, 1.165) is 18.2 Å². The second-order valence-electron chi connectivity index (χ2n) is 8.13. The molecule has 0 aliphatic heterocycles. The molecule has 0 spiro atoms. The van der Waals surface area contributed by atoms with Gasteiger partial charge in [-0.3, -0.25) is 14.6 Å². The van der Waals surface area contributed by atoms with Crippen LogP contribution in [-0.4, -0.2) is 28.0 Å². The monoisotopic (exact) mass is 524 g/mol. The molecule has 38 heavy (non-hydrogen) atoms. The molecule has 4 rings (SSSR count). The minimum absolute atomic E-state index is 0.00932. The maximum atomic E-state index is 14.0. The number of Topliss-reactive ketones (excluding diaryl/α,β-unsaturated/α-hetero) is 1. The number of rotatable bonds is 8. The van der Waals surface area contributed by atoms with Crippen molar-refractivity contribution in [3.8, 4) is 17.0 Å². The normalized spacial score (nSPS) is 11.2. The molecule has 0 bridgehead atoms. The maximum absolute atomic E-state index is 14.0. The zero-order valence-electron chi connectivity index (χ0n) is 19.6. The van der Waals surface area contributed by atoms with Gasteiger partial charge in [0, 0.05) is 23.7 Å². The van der Waals surface area contributed by atoms with Gasteiger partial charge in [0.1, 0.15) is 17.4 Å². The molecule has 4 aromatic rings. The lowest BCUT2D eigenvalue weighted by molar-refractivity contribution is -0.274. The minimum Gasteiger partial charge on any atom is -0.405 e. The van der Waals surface area contributed by atoms with E-state index in [4.69, 9.17) is 5.73 Å². The number of hydrogen-bond acceptors (Lipinski definition) is 6. The van der Waals surface area contributed by atoms with Crippen LogP contribution in [-0.2, 0) is 13.0 Å². The van der Waals surface area contributed by atoms with Gasteiger partial charge in [-0.05, 0) is 54.1 Å². The molecule has 2 aromatic carbocycles. The van der Waals surface area contributed by atoms with Gasteiger partial charge in [0.25, 0.3) is 5.91 Å². The summed E-state index contributed by atoms with van der Waals surface area (Å²) in [6.07, 6.45) is -3.80. The van der Waals surface area contributed by atoms with Crippen molar-refractivity contribution >= 4 is 17.5 Å². The summed E-state index contributed by atoms with van der Waals surface area (Å²) in [4.78, 5) is 33.9. The lowest BCUT2D eigenvalue weighted by Crippen LogP contribution is -2.26. The van der Waals surface area contributed by atoms with Crippen LogP contribution in [0.5, 0.6) is 5.75 Å². The molecule has 2 aromatic heterocycles. The molecule has 0 fully saturated rings. The zero-order chi connectivity index (χ0) is 27.3. The predicted molar refractivity (Wildman–Crippen MR) is 131 cm³/mol. The molecule has 2 heterocycles. The minimum atomic E-state index is -5.05. The quantitative estimate of drug-likeness (QED) is 0.245. The van der Waals surface area contributed by atoms with Crippen molar-refractivity contribution in [3.63, 3.8) is 0 Å². The van der Waals surface area contributed by atoms with Crippen molar-refractivity contribution in [1.82, 2.24) is 15.3 Å². The summed E-state index contributed by atoms with van der Waals surface area (Å²) in [7, 11) is 0. The summed E-state index contributed by atoms with van der Waals surface area (Å²) in [5.41, 5.74) is 6.66. The number of carbonyl (C=O) groups is 2. The van der Waals surface area contributed by atoms with Gasteiger partial charge in [-0.15, -0.1) is 13.2 Å². The molecule has 0 saturated carbocycles. The first-order chi connectivity index (χ1) is 18.1. The van der Waals surface area contributed by atoms with E-state index < -0.39 is 35.2 Å². The number of benzene rings is 2. The summed E-state index contributed by atoms with van der Waals surface area (Å²) in [6.45, 7) is -0.118. The fraction of sp³-hybridized carbons (Fsp3) is 0.111. The Labute approximate surface area is 214 Å². The van der Waals surface area contributed by atoms with Gasteiger partial charge in [-0.25, -0.2) is 9.37 Å². The SMILES string of the molecule is Nc1cccc(CNC(=O)c2cc(C(=O)Cc3ccc(-c4ccccc4F)nc3)ccc2OC(F)(F)F)n1. The number of hydrogen-bond donors (Lipinski definition) is 2. The first kappa shape index (κ1) is 26.3. The lowest BCUT2D eigenvalue weighted by Gasteiger charge is -2.14. The smallest absolute Gasteiger partial charge is 0.405 e. The first-order valence-electron chi connectivity index (χ1n) is 11.2. The van der Waals surface area contributed by atoms with Crippen LogP contribution in [0.3, 0.4) is 0 Å². The summed E-state index contributed by atoms with van der Waals surface area (Å²) in [5, 5.41) is 2.45. The van der Waals surface area contributed by atoms with Gasteiger partial charge in [-0.1, -0.05) is 24.3 Å². The number of pyridine rings is 2. The van der Waals surface area contributed by atoms with E-state index in [1.165, 1.54) is 12.3 Å². The van der Waals surface area contributed by atoms with E-state index in [1.54, 1.807) is 48.5 Å². The maximum Gasteiger partial charge on any atom is 0.573 e. The number of amides is 1. The summed E-state index contributed by atoms with van der Waals surface area (Å²) in [5.74, 6) is -2.37. The fourth-order valence-corrected chi connectivity index (χ4v) is 3.60. The Hall–Kier alpha value is -4.80. The third kappa shape index (κ3) is 6.69. The van der Waals surface area contributed by atoms with Gasteiger partial charge >= 0.3 is 6.36 Å². The molecular weight excluding hydrogens is 504 g/mol. The van der Waals surface area contributed by atoms with E-state index in [9.17, 15) is 27.2 Å². The number of carbonyl (C=O) groups excluding carboxylic acids is 2. The molecule has 0 radical (unpaired) electrons. The van der Waals surface area contributed by atoms with Crippen LogP contribution < -0.4 is 15.8 Å². The highest BCUT2D eigenvalue weighted by Crippen LogP contribution is 2.28. The largest absolute Gasteiger partial charge is 0.573 e. The Morgan fingerprint density at radius 2 is 1.76 bits per heavy atom. The van der Waals surface area contributed by atoms with E-state index in [2.05, 4.69) is 20.0 Å². The second kappa shape index (κ2) is 11.1. The van der Waals surface area contributed by atoms with Crippen LogP contribution in [0.1, 0.15) is 32.0 Å². The van der Waals surface area contributed by atoms with Crippen molar-refractivity contribution in [2.24, 2.45) is 0 Å². The van der Waals surface area contributed by atoms with Crippen LogP contribution in [0.2, 0.25) is 0 Å². The highest BCUT2D eigenvalue weighted by Gasteiger charge is 2.33. The van der Waals surface area contributed by atoms with E-state index in [1.807, 2.05) is 0 Å². The molecular formula is C27H20F4N4O3. The fourth-order valence-electron chi connectivity index (χ4n) is 3.60. The van der Waals surface area contributed by atoms with E-state index in [-0.39, 0.29) is 24.3 Å². The Kier molecular flexibility index (Phi) is 7.66. The number of nitrogens with zero attached hydrogens (tertiary/aromatic N) is 2. The molecule has 3 N–H and O–H groups in total. The Morgan fingerprint density at radius 3 is 2.45 bits per heavy atom. The molecule has 0 aliphatic rings. The molecule has 7 nitrogen and oxygen atoms in total. The third-order valence-electron chi connectivity index (χ3n) is 5.37. The Morgan fingerprint density at radius 1 is 0.974 bits per heavy atom. The zero-order valence-corrected chi connectivity index (χ0v) is 19.6. The first-order valence-corrected chi connectivity index (χ1v) is 11.2. The number of nitrogens with two attached hydrogens (primary N) is 1. The van der Waals surface area contributed by atoms with Gasteiger partial charge in [0.05, 0.1) is 23.5 Å². The van der Waals surface area contributed by atoms with Crippen molar-refractivity contribution in [3.05, 3.63) is 107 Å². The summed E-state index contributed by atoms with van der Waals surface area (Å²) >= 11 is 0. The molecule has 0 atom stereocenters. The number of nitrogens with one attached hydrogen (secondary N) is 1. The van der Waals surface area contributed by atoms with Gasteiger partial charge in [-0.2, -0.15) is 0 Å². The molecule has 0 aliphatic carbocycles. The number of nitrogen functional groups attached to an aromatic ring is 1. The lowest BCUT2D eigenvalue weighted by atomic mass is 10.0. The number of halogens is 4. The van der Waals surface area contributed by atoms with Crippen LogP contribution in [0.4, 0.5) is 23.4 Å². The van der Waals surface area contributed by atoms with E-state index >= 15 is 0 Å². The number of alkyl halides is 3. The van der Waals surface area contributed by atoms with Crippen molar-refractivity contribution in [2.45, 2.75) is 19.3 Å². The van der Waals surface area contributed by atoms with Crippen LogP contribution in [0, 0.1) is 5.82 Å². The number of ketones is 1. The summed E-state index contributed by atoms with van der Waals surface area (Å²) < 4.78 is 56.8. The number of aromatic nitrogens is 2. The standard InChI is InChI=1S/C27H20F4N4O3/c28-21-6-2-1-5-19(21)22-10-8-16(14-33-22)12-23(36)17-9-11-24(38-27(29,30)31)20(13-17)26(37)34-15-18-4-3-7-25(32)35-18/h1-11,13-14H,12,15H2,(H2,32,35)(H,34,37). The van der Waals surface area contributed by atoms with Crippen molar-refractivity contribution < 1.29 is 31.9 Å². The van der Waals surface area contributed by atoms with Crippen molar-refractivity contribution in [2.75, 3.05) is 5.73 Å². The Bertz CT molecular complexity index is 1470. The molecule has 1 amide bonds. The number of anilines is 1. The van der Waals surface area contributed by atoms with Crippen molar-refractivity contribution in [1.29, 1.82) is 0 Å². The predicted octanol–water partition coefficient (Wildman–Crippen LogP) is 5.12. The molecule has 194 valence electrons. The Balaban J connectivity index is 1.53. The van der Waals surface area contributed by atoms with Crippen LogP contribution in [0.25, 0.3) is 11.3 Å². The average molecular weight is 524 g/mol. The highest BCUT2D eigenvalue weighted by molar-refractivity contribution is 6.02. The van der Waals surface area contributed by atoms with Crippen LogP contribution >= 0.6 is 0 Å².